The highest BCUT2D eigenvalue weighted by Crippen LogP contribution is 2.26. The predicted molar refractivity (Wildman–Crippen MR) is 78.6 cm³/mol. The normalized spacial score (nSPS) is 11.2. The van der Waals surface area contributed by atoms with Gasteiger partial charge in [0.25, 0.3) is 0 Å². The van der Waals surface area contributed by atoms with E-state index >= 15 is 0 Å². The molecule has 0 saturated heterocycles. The summed E-state index contributed by atoms with van der Waals surface area (Å²) in [5.41, 5.74) is 3.34. The fourth-order valence-corrected chi connectivity index (χ4v) is 2.56. The van der Waals surface area contributed by atoms with E-state index in [1.807, 2.05) is 24.5 Å². The Morgan fingerprint density at radius 1 is 0.737 bits per heavy atom. The summed E-state index contributed by atoms with van der Waals surface area (Å²) in [4.78, 5) is 4.51. The lowest BCUT2D eigenvalue weighted by atomic mass is 10.1. The third kappa shape index (κ3) is 1.54. The highest BCUT2D eigenvalue weighted by atomic mass is 15.0. The zero-order chi connectivity index (χ0) is 12.7. The Morgan fingerprint density at radius 3 is 2.42 bits per heavy atom. The van der Waals surface area contributed by atoms with Crippen molar-refractivity contribution in [3.8, 4) is 5.69 Å². The average Bonchev–Trinajstić information content (AvgIpc) is 2.92. The molecule has 4 rings (SSSR count). The van der Waals surface area contributed by atoms with Crippen molar-refractivity contribution in [3.05, 3.63) is 73.1 Å². The molecule has 0 N–H and O–H groups in total. The van der Waals surface area contributed by atoms with Gasteiger partial charge in [-0.2, -0.15) is 0 Å². The molecule has 0 radical (unpaired) electrons. The lowest BCUT2D eigenvalue weighted by Crippen LogP contribution is -1.91. The molecule has 2 heteroatoms. The highest BCUT2D eigenvalue weighted by molar-refractivity contribution is 6.04. The molecule has 0 aliphatic heterocycles. The summed E-state index contributed by atoms with van der Waals surface area (Å²) in [5, 5.41) is 2.48. The van der Waals surface area contributed by atoms with Crippen LogP contribution in [0.1, 0.15) is 0 Å². The molecule has 1 heterocycles. The molecular weight excluding hydrogens is 232 g/mol. The predicted octanol–water partition coefficient (Wildman–Crippen LogP) is 4.18. The van der Waals surface area contributed by atoms with E-state index in [-0.39, 0.29) is 0 Å². The van der Waals surface area contributed by atoms with Crippen LogP contribution < -0.4 is 0 Å². The number of hydrogen-bond donors (Lipinski definition) is 0. The van der Waals surface area contributed by atoms with E-state index in [1.165, 1.54) is 16.3 Å². The molecular formula is C17H12N2. The van der Waals surface area contributed by atoms with Gasteiger partial charge in [0.1, 0.15) is 6.33 Å². The summed E-state index contributed by atoms with van der Waals surface area (Å²) >= 11 is 0. The summed E-state index contributed by atoms with van der Waals surface area (Å²) in [6.45, 7) is 0. The Labute approximate surface area is 110 Å². The van der Waals surface area contributed by atoms with E-state index in [0.29, 0.717) is 0 Å². The highest BCUT2D eigenvalue weighted by Gasteiger charge is 2.07. The number of hydrogen-bond acceptors (Lipinski definition) is 1. The molecule has 0 atom stereocenters. The maximum atomic E-state index is 4.51. The van der Waals surface area contributed by atoms with Crippen LogP contribution in [0, 0.1) is 0 Å². The Morgan fingerprint density at radius 2 is 1.53 bits per heavy atom. The van der Waals surface area contributed by atoms with Crippen LogP contribution >= 0.6 is 0 Å². The van der Waals surface area contributed by atoms with E-state index < -0.39 is 0 Å². The minimum absolute atomic E-state index is 1.03. The number of imidazole rings is 1. The van der Waals surface area contributed by atoms with Crippen molar-refractivity contribution in [1.29, 1.82) is 0 Å². The van der Waals surface area contributed by atoms with Gasteiger partial charge >= 0.3 is 0 Å². The van der Waals surface area contributed by atoms with Crippen LogP contribution in [0.25, 0.3) is 27.5 Å². The van der Waals surface area contributed by atoms with Crippen molar-refractivity contribution in [3.63, 3.8) is 0 Å². The van der Waals surface area contributed by atoms with Gasteiger partial charge in [-0.15, -0.1) is 0 Å². The number of rotatable bonds is 1. The third-order valence-corrected chi connectivity index (χ3v) is 3.47. The van der Waals surface area contributed by atoms with Gasteiger partial charge in [0.2, 0.25) is 0 Å². The monoisotopic (exact) mass is 244 g/mol. The minimum Gasteiger partial charge on any atom is -0.298 e. The molecule has 4 aromatic rings. The second-order valence-electron chi connectivity index (χ2n) is 4.60. The lowest BCUT2D eigenvalue weighted by molar-refractivity contribution is 1.10. The van der Waals surface area contributed by atoms with Gasteiger partial charge in [0.05, 0.1) is 11.0 Å². The van der Waals surface area contributed by atoms with Crippen LogP contribution in [0.5, 0.6) is 0 Å². The first-order chi connectivity index (χ1) is 9.43. The Balaban J connectivity index is 2.15. The molecule has 0 fully saturated rings. The van der Waals surface area contributed by atoms with Crippen LogP contribution in [-0.4, -0.2) is 9.55 Å². The van der Waals surface area contributed by atoms with Crippen molar-refractivity contribution in [2.45, 2.75) is 0 Å². The van der Waals surface area contributed by atoms with E-state index in [0.717, 1.165) is 11.2 Å². The van der Waals surface area contributed by atoms with Crippen LogP contribution in [0.15, 0.2) is 73.1 Å². The molecule has 19 heavy (non-hydrogen) atoms. The SMILES string of the molecule is c1ccc(-n2cnc3ccc4ccccc4c32)cc1. The molecule has 0 saturated carbocycles. The molecule has 0 unspecified atom stereocenters. The van der Waals surface area contributed by atoms with Crippen LogP contribution in [0.2, 0.25) is 0 Å². The maximum absolute atomic E-state index is 4.51. The second-order valence-corrected chi connectivity index (χ2v) is 4.60. The average molecular weight is 244 g/mol. The maximum Gasteiger partial charge on any atom is 0.100 e. The molecule has 0 aliphatic carbocycles. The van der Waals surface area contributed by atoms with Gasteiger partial charge < -0.3 is 0 Å². The minimum atomic E-state index is 1.03. The van der Waals surface area contributed by atoms with Gasteiger partial charge in [-0.3, -0.25) is 4.57 Å². The zero-order valence-corrected chi connectivity index (χ0v) is 10.3. The van der Waals surface area contributed by atoms with Crippen LogP contribution in [0.4, 0.5) is 0 Å². The first kappa shape index (κ1) is 10.3. The number of benzene rings is 3. The number of nitrogens with zero attached hydrogens (tertiary/aromatic N) is 2. The molecule has 0 aliphatic rings. The largest absolute Gasteiger partial charge is 0.298 e. The Bertz CT molecular complexity index is 860. The van der Waals surface area contributed by atoms with Gasteiger partial charge in [-0.05, 0) is 23.6 Å². The summed E-state index contributed by atoms with van der Waals surface area (Å²) in [6, 6.07) is 23.0. The molecule has 0 amide bonds. The Hall–Kier alpha value is -2.61. The second kappa shape index (κ2) is 3.95. The number of para-hydroxylation sites is 1. The van der Waals surface area contributed by atoms with E-state index in [9.17, 15) is 0 Å². The standard InChI is InChI=1S/C17H12N2/c1-2-7-14(8-3-1)19-12-18-16-11-10-13-6-4-5-9-15(13)17(16)19/h1-12H. The first-order valence-corrected chi connectivity index (χ1v) is 6.34. The van der Waals surface area contributed by atoms with E-state index in [2.05, 4.69) is 58.1 Å². The van der Waals surface area contributed by atoms with E-state index in [4.69, 9.17) is 0 Å². The summed E-state index contributed by atoms with van der Waals surface area (Å²) < 4.78 is 2.15. The zero-order valence-electron chi connectivity index (χ0n) is 10.3. The van der Waals surface area contributed by atoms with Crippen molar-refractivity contribution in [1.82, 2.24) is 9.55 Å². The molecule has 2 nitrogen and oxygen atoms in total. The van der Waals surface area contributed by atoms with Gasteiger partial charge in [-0.25, -0.2) is 4.98 Å². The topological polar surface area (TPSA) is 17.8 Å². The number of aromatic nitrogens is 2. The summed E-state index contributed by atoms with van der Waals surface area (Å²) in [6.07, 6.45) is 1.90. The fraction of sp³-hybridized carbons (Fsp3) is 0. The molecule has 0 spiro atoms. The molecule has 3 aromatic carbocycles. The first-order valence-electron chi connectivity index (χ1n) is 6.34. The molecule has 90 valence electrons. The lowest BCUT2D eigenvalue weighted by Gasteiger charge is -2.06. The quantitative estimate of drug-likeness (QED) is 0.491. The van der Waals surface area contributed by atoms with Gasteiger partial charge in [0.15, 0.2) is 0 Å². The summed E-state index contributed by atoms with van der Waals surface area (Å²) in [5.74, 6) is 0. The smallest absolute Gasteiger partial charge is 0.100 e. The van der Waals surface area contributed by atoms with Gasteiger partial charge in [-0.1, -0.05) is 48.5 Å². The van der Waals surface area contributed by atoms with Crippen LogP contribution in [0.3, 0.4) is 0 Å². The molecule has 1 aromatic heterocycles. The van der Waals surface area contributed by atoms with Gasteiger partial charge in [0, 0.05) is 11.1 Å². The third-order valence-electron chi connectivity index (χ3n) is 3.47. The Kier molecular flexibility index (Phi) is 2.15. The van der Waals surface area contributed by atoms with E-state index in [1.54, 1.807) is 0 Å². The summed E-state index contributed by atoms with van der Waals surface area (Å²) in [7, 11) is 0. The van der Waals surface area contributed by atoms with Crippen LogP contribution in [-0.2, 0) is 0 Å². The van der Waals surface area contributed by atoms with Crippen molar-refractivity contribution >= 4 is 21.8 Å². The van der Waals surface area contributed by atoms with Crippen molar-refractivity contribution in [2.75, 3.05) is 0 Å². The number of fused-ring (bicyclic) bond motifs is 3. The molecule has 0 bridgehead atoms. The fourth-order valence-electron chi connectivity index (χ4n) is 2.56. The van der Waals surface area contributed by atoms with Crippen molar-refractivity contribution < 1.29 is 0 Å². The van der Waals surface area contributed by atoms with Crippen molar-refractivity contribution in [2.24, 2.45) is 0 Å².